The molecule has 0 aliphatic carbocycles. The molecule has 0 radical (unpaired) electrons. The highest BCUT2D eigenvalue weighted by Crippen LogP contribution is 2.58. The van der Waals surface area contributed by atoms with Crippen LogP contribution in [0, 0.1) is 0 Å². The van der Waals surface area contributed by atoms with Gasteiger partial charge in [-0.2, -0.15) is 0 Å². The number of nitrogens with one attached hydrogen (secondary N) is 1. The van der Waals surface area contributed by atoms with Crippen molar-refractivity contribution in [3.05, 3.63) is 30.1 Å². The predicted molar refractivity (Wildman–Crippen MR) is 74.5 cm³/mol. The van der Waals surface area contributed by atoms with Gasteiger partial charge in [-0.25, -0.2) is 0 Å². The van der Waals surface area contributed by atoms with Crippen LogP contribution in [0.2, 0.25) is 0 Å². The van der Waals surface area contributed by atoms with Crippen LogP contribution in [0.5, 0.6) is 0 Å². The van der Waals surface area contributed by atoms with Gasteiger partial charge in [0.25, 0.3) is 0 Å². The van der Waals surface area contributed by atoms with Gasteiger partial charge in [-0.05, 0) is 25.5 Å². The standard InChI is InChI=1S/C13H21N2O3P/c1-3-17-19(16,18-4-2)13-10-15-9-12(13)11-6-5-7-14-8-11/h5-8,12-13,15H,3-4,9-10H2,1-2H3. The lowest BCUT2D eigenvalue weighted by Crippen LogP contribution is -2.21. The Labute approximate surface area is 114 Å². The van der Waals surface area contributed by atoms with Gasteiger partial charge >= 0.3 is 7.60 Å². The highest BCUT2D eigenvalue weighted by atomic mass is 31.2. The average molecular weight is 284 g/mol. The maximum absolute atomic E-state index is 12.9. The molecule has 2 unspecified atom stereocenters. The molecule has 2 atom stereocenters. The first-order chi connectivity index (χ1) is 9.21. The summed E-state index contributed by atoms with van der Waals surface area (Å²) in [4.78, 5) is 4.14. The number of hydrogen-bond donors (Lipinski definition) is 1. The van der Waals surface area contributed by atoms with E-state index in [1.54, 1.807) is 6.20 Å². The molecule has 0 aromatic carbocycles. The molecule has 2 heterocycles. The van der Waals surface area contributed by atoms with Crippen LogP contribution in [0.15, 0.2) is 24.5 Å². The smallest absolute Gasteiger partial charge is 0.315 e. The summed E-state index contributed by atoms with van der Waals surface area (Å²) in [6.07, 6.45) is 3.57. The fourth-order valence-electron chi connectivity index (χ4n) is 2.52. The molecule has 1 N–H and O–H groups in total. The van der Waals surface area contributed by atoms with Gasteiger partial charge in [0.2, 0.25) is 0 Å². The van der Waals surface area contributed by atoms with Gasteiger partial charge in [0.05, 0.1) is 18.9 Å². The second kappa shape index (κ2) is 6.62. The first-order valence-electron chi connectivity index (χ1n) is 6.70. The van der Waals surface area contributed by atoms with E-state index in [-0.39, 0.29) is 11.6 Å². The summed E-state index contributed by atoms with van der Waals surface area (Å²) in [5.41, 5.74) is 0.939. The zero-order chi connectivity index (χ0) is 13.7. The molecule has 1 aromatic heterocycles. The zero-order valence-electron chi connectivity index (χ0n) is 11.4. The van der Waals surface area contributed by atoms with Crippen molar-refractivity contribution in [2.24, 2.45) is 0 Å². The molecule has 0 bridgehead atoms. The van der Waals surface area contributed by atoms with E-state index in [0.717, 1.165) is 12.1 Å². The van der Waals surface area contributed by atoms with E-state index in [1.807, 2.05) is 32.2 Å². The Balaban J connectivity index is 2.24. The first kappa shape index (κ1) is 14.7. The van der Waals surface area contributed by atoms with Crippen molar-refractivity contribution in [3.63, 3.8) is 0 Å². The fourth-order valence-corrected chi connectivity index (χ4v) is 4.77. The quantitative estimate of drug-likeness (QED) is 0.813. The highest BCUT2D eigenvalue weighted by Gasteiger charge is 2.44. The Morgan fingerprint density at radius 1 is 1.37 bits per heavy atom. The zero-order valence-corrected chi connectivity index (χ0v) is 12.3. The summed E-state index contributed by atoms with van der Waals surface area (Å²) in [7, 11) is -3.08. The molecule has 106 valence electrons. The molecule has 2 rings (SSSR count). The van der Waals surface area contributed by atoms with E-state index >= 15 is 0 Å². The van der Waals surface area contributed by atoms with Crippen molar-refractivity contribution in [3.8, 4) is 0 Å². The summed E-state index contributed by atoms with van der Waals surface area (Å²) >= 11 is 0. The lowest BCUT2D eigenvalue weighted by atomic mass is 10.0. The van der Waals surface area contributed by atoms with Crippen LogP contribution in [0.4, 0.5) is 0 Å². The van der Waals surface area contributed by atoms with E-state index in [2.05, 4.69) is 10.3 Å². The Bertz CT molecular complexity index is 431. The normalized spacial score (nSPS) is 23.7. The maximum atomic E-state index is 12.9. The van der Waals surface area contributed by atoms with Crippen molar-refractivity contribution in [1.29, 1.82) is 0 Å². The second-order valence-corrected chi connectivity index (χ2v) is 6.75. The van der Waals surface area contributed by atoms with Crippen molar-refractivity contribution in [2.45, 2.75) is 25.4 Å². The Morgan fingerprint density at radius 2 is 2.11 bits per heavy atom. The van der Waals surface area contributed by atoms with Crippen LogP contribution in [0.1, 0.15) is 25.3 Å². The molecule has 5 nitrogen and oxygen atoms in total. The molecule has 1 saturated heterocycles. The molecular formula is C13H21N2O3P. The third-order valence-electron chi connectivity index (χ3n) is 3.32. The molecule has 0 saturated carbocycles. The first-order valence-corrected chi connectivity index (χ1v) is 8.32. The summed E-state index contributed by atoms with van der Waals surface area (Å²) in [6, 6.07) is 3.91. The number of pyridine rings is 1. The summed E-state index contributed by atoms with van der Waals surface area (Å²) in [5, 5.41) is 3.28. The van der Waals surface area contributed by atoms with Gasteiger partial charge < -0.3 is 14.4 Å². The lowest BCUT2D eigenvalue weighted by Gasteiger charge is -2.27. The van der Waals surface area contributed by atoms with Gasteiger partial charge in [0, 0.05) is 31.4 Å². The monoisotopic (exact) mass is 284 g/mol. The van der Waals surface area contributed by atoms with Gasteiger partial charge in [0.15, 0.2) is 0 Å². The minimum atomic E-state index is -3.08. The van der Waals surface area contributed by atoms with Crippen molar-refractivity contribution in [1.82, 2.24) is 10.3 Å². The largest absolute Gasteiger partial charge is 0.335 e. The second-order valence-electron chi connectivity index (χ2n) is 4.49. The number of hydrogen-bond acceptors (Lipinski definition) is 5. The fraction of sp³-hybridized carbons (Fsp3) is 0.615. The minimum absolute atomic E-state index is 0.123. The molecule has 19 heavy (non-hydrogen) atoms. The summed E-state index contributed by atoms with van der Waals surface area (Å²) in [5.74, 6) is 0.123. The summed E-state index contributed by atoms with van der Waals surface area (Å²) in [6.45, 7) is 5.90. The third-order valence-corrected chi connectivity index (χ3v) is 5.91. The van der Waals surface area contributed by atoms with Crippen molar-refractivity contribution < 1.29 is 13.6 Å². The van der Waals surface area contributed by atoms with Gasteiger partial charge in [-0.15, -0.1) is 0 Å². The van der Waals surface area contributed by atoms with E-state index < -0.39 is 7.60 Å². The van der Waals surface area contributed by atoms with Gasteiger partial charge in [-0.1, -0.05) is 6.07 Å². The third kappa shape index (κ3) is 3.23. The van der Waals surface area contributed by atoms with E-state index in [0.29, 0.717) is 19.8 Å². The molecule has 1 aromatic rings. The molecular weight excluding hydrogens is 263 g/mol. The van der Waals surface area contributed by atoms with Crippen LogP contribution in [-0.2, 0) is 13.6 Å². The number of aromatic nitrogens is 1. The lowest BCUT2D eigenvalue weighted by molar-refractivity contribution is 0.211. The van der Waals surface area contributed by atoms with E-state index in [1.165, 1.54) is 0 Å². The van der Waals surface area contributed by atoms with E-state index in [4.69, 9.17) is 9.05 Å². The Morgan fingerprint density at radius 3 is 2.68 bits per heavy atom. The maximum Gasteiger partial charge on any atom is 0.335 e. The van der Waals surface area contributed by atoms with E-state index in [9.17, 15) is 4.57 Å². The SMILES string of the molecule is CCOP(=O)(OCC)C1CNCC1c1cccnc1. The Kier molecular flexibility index (Phi) is 5.11. The van der Waals surface area contributed by atoms with Crippen LogP contribution >= 0.6 is 7.60 Å². The molecule has 0 amide bonds. The molecule has 0 spiro atoms. The topological polar surface area (TPSA) is 60.5 Å². The molecule has 1 fully saturated rings. The summed E-state index contributed by atoms with van der Waals surface area (Å²) < 4.78 is 23.9. The predicted octanol–water partition coefficient (Wildman–Crippen LogP) is 2.40. The minimum Gasteiger partial charge on any atom is -0.315 e. The van der Waals surface area contributed by atoms with Gasteiger partial charge in [-0.3, -0.25) is 9.55 Å². The molecule has 6 heteroatoms. The van der Waals surface area contributed by atoms with Gasteiger partial charge in [0.1, 0.15) is 0 Å². The highest BCUT2D eigenvalue weighted by molar-refractivity contribution is 7.54. The number of nitrogens with zero attached hydrogens (tertiary/aromatic N) is 1. The average Bonchev–Trinajstić information content (AvgIpc) is 2.90. The van der Waals surface area contributed by atoms with Crippen molar-refractivity contribution >= 4 is 7.60 Å². The van der Waals surface area contributed by atoms with Crippen LogP contribution in [0.3, 0.4) is 0 Å². The molecule has 1 aliphatic heterocycles. The van der Waals surface area contributed by atoms with Crippen LogP contribution < -0.4 is 5.32 Å². The Hall–Kier alpha value is -0.740. The van der Waals surface area contributed by atoms with Crippen molar-refractivity contribution in [2.75, 3.05) is 26.3 Å². The van der Waals surface area contributed by atoms with Crippen LogP contribution in [-0.4, -0.2) is 36.9 Å². The van der Waals surface area contributed by atoms with Crippen LogP contribution in [0.25, 0.3) is 0 Å². The molecule has 1 aliphatic rings. The number of rotatable bonds is 6.